The molecular formula is C14H15N3. The number of para-hydroxylation sites is 1. The van der Waals surface area contributed by atoms with Gasteiger partial charge >= 0.3 is 0 Å². The zero-order valence-corrected chi connectivity index (χ0v) is 9.77. The average molecular weight is 225 g/mol. The van der Waals surface area contributed by atoms with Crippen LogP contribution in [0, 0.1) is 11.8 Å². The van der Waals surface area contributed by atoms with Gasteiger partial charge in [-0.2, -0.15) is 0 Å². The molecule has 1 heterocycles. The Morgan fingerprint density at radius 3 is 2.94 bits per heavy atom. The number of nitrogens with two attached hydrogens (primary N) is 1. The van der Waals surface area contributed by atoms with Gasteiger partial charge < -0.3 is 0 Å². The number of fused-ring (bicyclic) bond motifs is 1. The van der Waals surface area contributed by atoms with Gasteiger partial charge in [0.15, 0.2) is 0 Å². The van der Waals surface area contributed by atoms with Crippen LogP contribution in [0.2, 0.25) is 0 Å². The van der Waals surface area contributed by atoms with Gasteiger partial charge in [-0.25, -0.2) is 0 Å². The lowest BCUT2D eigenvalue weighted by Gasteiger charge is -2.15. The van der Waals surface area contributed by atoms with Crippen LogP contribution in [-0.2, 0) is 0 Å². The molecule has 2 rings (SSSR count). The quantitative estimate of drug-likeness (QED) is 0.478. The number of hydrogen-bond acceptors (Lipinski definition) is 3. The Kier molecular flexibility index (Phi) is 3.71. The van der Waals surface area contributed by atoms with E-state index in [2.05, 4.69) is 22.3 Å². The van der Waals surface area contributed by atoms with Crippen molar-refractivity contribution in [2.24, 2.45) is 5.84 Å². The molecule has 1 aromatic carbocycles. The van der Waals surface area contributed by atoms with Crippen LogP contribution in [0.3, 0.4) is 0 Å². The summed E-state index contributed by atoms with van der Waals surface area (Å²) in [5.41, 5.74) is 4.88. The number of benzene rings is 1. The Labute approximate surface area is 101 Å². The molecule has 0 amide bonds. The van der Waals surface area contributed by atoms with Gasteiger partial charge in [-0.1, -0.05) is 24.3 Å². The second-order valence-electron chi connectivity index (χ2n) is 3.77. The molecule has 1 unspecified atom stereocenters. The van der Waals surface area contributed by atoms with Gasteiger partial charge in [-0.15, -0.1) is 11.8 Å². The highest BCUT2D eigenvalue weighted by atomic mass is 15.2. The van der Waals surface area contributed by atoms with E-state index >= 15 is 0 Å². The smallest absolute Gasteiger partial charge is 0.0750 e. The highest BCUT2D eigenvalue weighted by Gasteiger charge is 2.11. The number of hydrazine groups is 1. The molecular weight excluding hydrogens is 210 g/mol. The first-order chi connectivity index (χ1) is 8.36. The molecule has 3 N–H and O–H groups in total. The van der Waals surface area contributed by atoms with Crippen LogP contribution < -0.4 is 11.3 Å². The second kappa shape index (κ2) is 5.44. The molecule has 1 aromatic heterocycles. The zero-order valence-electron chi connectivity index (χ0n) is 9.77. The molecule has 0 aliphatic heterocycles. The van der Waals surface area contributed by atoms with Crippen LogP contribution in [0.4, 0.5) is 0 Å². The van der Waals surface area contributed by atoms with Gasteiger partial charge in [0, 0.05) is 18.0 Å². The standard InChI is InChI=1S/C14H15N3/c1-2-3-9-13(17-15)12-8-4-6-11-7-5-10-16-14(11)12/h4-8,10,13,17H,9,15H2,1H3. The van der Waals surface area contributed by atoms with Crippen molar-refractivity contribution in [1.82, 2.24) is 10.4 Å². The molecule has 0 spiro atoms. The first-order valence-electron chi connectivity index (χ1n) is 5.56. The van der Waals surface area contributed by atoms with Crippen molar-refractivity contribution >= 4 is 10.9 Å². The molecule has 0 aliphatic carbocycles. The lowest BCUT2D eigenvalue weighted by molar-refractivity contribution is 0.571. The Bertz CT molecular complexity index is 561. The van der Waals surface area contributed by atoms with Crippen molar-refractivity contribution in [3.8, 4) is 11.8 Å². The number of nitrogens with zero attached hydrogens (tertiary/aromatic N) is 1. The second-order valence-corrected chi connectivity index (χ2v) is 3.77. The summed E-state index contributed by atoms with van der Waals surface area (Å²) >= 11 is 0. The minimum absolute atomic E-state index is 0.0149. The summed E-state index contributed by atoms with van der Waals surface area (Å²) in [4.78, 5) is 4.41. The number of pyridine rings is 1. The molecule has 17 heavy (non-hydrogen) atoms. The van der Waals surface area contributed by atoms with Crippen LogP contribution in [0.25, 0.3) is 10.9 Å². The van der Waals surface area contributed by atoms with Gasteiger partial charge in [0.1, 0.15) is 0 Å². The Balaban J connectivity index is 2.48. The van der Waals surface area contributed by atoms with Crippen LogP contribution >= 0.6 is 0 Å². The third-order valence-electron chi connectivity index (χ3n) is 2.72. The first-order valence-corrected chi connectivity index (χ1v) is 5.56. The van der Waals surface area contributed by atoms with Crippen LogP contribution in [0.5, 0.6) is 0 Å². The Morgan fingerprint density at radius 2 is 2.18 bits per heavy atom. The number of rotatable bonds is 3. The highest BCUT2D eigenvalue weighted by molar-refractivity contribution is 5.82. The van der Waals surface area contributed by atoms with Gasteiger partial charge in [-0.05, 0) is 18.6 Å². The summed E-state index contributed by atoms with van der Waals surface area (Å²) in [7, 11) is 0. The van der Waals surface area contributed by atoms with Gasteiger partial charge in [-0.3, -0.25) is 16.3 Å². The molecule has 86 valence electrons. The normalized spacial score (nSPS) is 11.9. The van der Waals surface area contributed by atoms with Gasteiger partial charge in [0.25, 0.3) is 0 Å². The summed E-state index contributed by atoms with van der Waals surface area (Å²) in [5, 5.41) is 1.12. The molecule has 3 heteroatoms. The SMILES string of the molecule is CC#CCC(NN)c1cccc2cccnc12. The first kappa shape index (κ1) is 11.6. The molecule has 0 bridgehead atoms. The topological polar surface area (TPSA) is 50.9 Å². The van der Waals surface area contributed by atoms with Crippen molar-refractivity contribution in [3.63, 3.8) is 0 Å². The summed E-state index contributed by atoms with van der Waals surface area (Å²) < 4.78 is 0. The van der Waals surface area contributed by atoms with Crippen molar-refractivity contribution in [1.29, 1.82) is 0 Å². The third kappa shape index (κ3) is 2.44. The van der Waals surface area contributed by atoms with E-state index < -0.39 is 0 Å². The molecule has 0 saturated heterocycles. The molecule has 0 saturated carbocycles. The fraction of sp³-hybridized carbons (Fsp3) is 0.214. The molecule has 2 aromatic rings. The maximum absolute atomic E-state index is 5.59. The number of nitrogens with one attached hydrogen (secondary N) is 1. The lowest BCUT2D eigenvalue weighted by atomic mass is 10.0. The minimum atomic E-state index is 0.0149. The zero-order chi connectivity index (χ0) is 12.1. The lowest BCUT2D eigenvalue weighted by Crippen LogP contribution is -2.28. The van der Waals surface area contributed by atoms with E-state index in [0.717, 1.165) is 16.5 Å². The van der Waals surface area contributed by atoms with E-state index in [0.29, 0.717) is 6.42 Å². The van der Waals surface area contributed by atoms with Crippen LogP contribution in [0.15, 0.2) is 36.5 Å². The number of hydrogen-bond donors (Lipinski definition) is 2. The average Bonchev–Trinajstić information content (AvgIpc) is 2.40. The number of aromatic nitrogens is 1. The van der Waals surface area contributed by atoms with Gasteiger partial charge in [0.05, 0.1) is 11.6 Å². The van der Waals surface area contributed by atoms with E-state index in [9.17, 15) is 0 Å². The van der Waals surface area contributed by atoms with E-state index in [4.69, 9.17) is 5.84 Å². The summed E-state index contributed by atoms with van der Waals surface area (Å²) in [6.45, 7) is 1.83. The summed E-state index contributed by atoms with van der Waals surface area (Å²) in [6, 6.07) is 10.1. The monoisotopic (exact) mass is 225 g/mol. The molecule has 1 atom stereocenters. The Hall–Kier alpha value is -1.89. The van der Waals surface area contributed by atoms with E-state index in [1.54, 1.807) is 6.20 Å². The van der Waals surface area contributed by atoms with E-state index in [1.165, 1.54) is 0 Å². The molecule has 0 aliphatic rings. The third-order valence-corrected chi connectivity index (χ3v) is 2.72. The van der Waals surface area contributed by atoms with Crippen molar-refractivity contribution in [2.75, 3.05) is 0 Å². The van der Waals surface area contributed by atoms with Crippen molar-refractivity contribution in [2.45, 2.75) is 19.4 Å². The fourth-order valence-corrected chi connectivity index (χ4v) is 1.87. The highest BCUT2D eigenvalue weighted by Crippen LogP contribution is 2.23. The largest absolute Gasteiger partial charge is 0.271 e. The van der Waals surface area contributed by atoms with Crippen molar-refractivity contribution < 1.29 is 0 Å². The van der Waals surface area contributed by atoms with E-state index in [-0.39, 0.29) is 6.04 Å². The van der Waals surface area contributed by atoms with Crippen LogP contribution in [0.1, 0.15) is 24.9 Å². The molecule has 0 radical (unpaired) electrons. The summed E-state index contributed by atoms with van der Waals surface area (Å²) in [5.74, 6) is 11.5. The fourth-order valence-electron chi connectivity index (χ4n) is 1.87. The summed E-state index contributed by atoms with van der Waals surface area (Å²) in [6.07, 6.45) is 2.48. The minimum Gasteiger partial charge on any atom is -0.271 e. The predicted molar refractivity (Wildman–Crippen MR) is 69.9 cm³/mol. The predicted octanol–water partition coefficient (Wildman–Crippen LogP) is 2.15. The van der Waals surface area contributed by atoms with Crippen LogP contribution in [-0.4, -0.2) is 4.98 Å². The maximum atomic E-state index is 5.59. The Morgan fingerprint density at radius 1 is 1.35 bits per heavy atom. The molecule has 0 fully saturated rings. The molecule has 3 nitrogen and oxygen atoms in total. The maximum Gasteiger partial charge on any atom is 0.0750 e. The van der Waals surface area contributed by atoms with Gasteiger partial charge in [0.2, 0.25) is 0 Å². The van der Waals surface area contributed by atoms with Crippen molar-refractivity contribution in [3.05, 3.63) is 42.1 Å². The van der Waals surface area contributed by atoms with E-state index in [1.807, 2.05) is 37.3 Å².